The highest BCUT2D eigenvalue weighted by atomic mass is 35.5. The summed E-state index contributed by atoms with van der Waals surface area (Å²) in [6.45, 7) is 6.13. The number of carbonyl (C=O) groups excluding carboxylic acids is 1. The predicted octanol–water partition coefficient (Wildman–Crippen LogP) is 3.69. The van der Waals surface area contributed by atoms with Gasteiger partial charge in [-0.25, -0.2) is 0 Å². The number of benzene rings is 1. The number of nitrogens with zero attached hydrogens (tertiary/aromatic N) is 3. The largest absolute Gasteiger partial charge is 0.352 e. The molecule has 152 valence electrons. The molecule has 8 heteroatoms. The fourth-order valence-electron chi connectivity index (χ4n) is 3.07. The van der Waals surface area contributed by atoms with Crippen LogP contribution >= 0.6 is 11.6 Å². The van der Waals surface area contributed by atoms with Crippen LogP contribution in [0.15, 0.2) is 45.7 Å². The molecule has 0 saturated carbocycles. The van der Waals surface area contributed by atoms with Crippen LogP contribution in [0.1, 0.15) is 43.5 Å². The van der Waals surface area contributed by atoms with Gasteiger partial charge in [-0.05, 0) is 44.5 Å². The maximum atomic E-state index is 12.7. The van der Waals surface area contributed by atoms with Crippen LogP contribution in [-0.2, 0) is 17.8 Å². The van der Waals surface area contributed by atoms with Crippen molar-refractivity contribution < 1.29 is 9.32 Å². The number of nitrogens with one attached hydrogen (secondary N) is 1. The molecule has 0 aliphatic carbocycles. The van der Waals surface area contributed by atoms with Crippen molar-refractivity contribution in [1.82, 2.24) is 20.0 Å². The van der Waals surface area contributed by atoms with Crippen molar-refractivity contribution in [3.8, 4) is 11.4 Å². The fourth-order valence-corrected chi connectivity index (χ4v) is 3.27. The lowest BCUT2D eigenvalue weighted by molar-refractivity contribution is -0.121. The topological polar surface area (TPSA) is 90.0 Å². The summed E-state index contributed by atoms with van der Waals surface area (Å²) in [6, 6.07) is 10.9. The zero-order chi connectivity index (χ0) is 21.0. The number of hydrogen-bond donors (Lipinski definition) is 1. The van der Waals surface area contributed by atoms with Gasteiger partial charge in [-0.2, -0.15) is 4.98 Å². The van der Waals surface area contributed by atoms with E-state index < -0.39 is 0 Å². The van der Waals surface area contributed by atoms with E-state index in [1.807, 2.05) is 45.0 Å². The minimum Gasteiger partial charge on any atom is -0.352 e. The summed E-state index contributed by atoms with van der Waals surface area (Å²) in [7, 11) is 0. The van der Waals surface area contributed by atoms with Gasteiger partial charge in [0.15, 0.2) is 0 Å². The van der Waals surface area contributed by atoms with E-state index in [1.165, 1.54) is 0 Å². The van der Waals surface area contributed by atoms with Gasteiger partial charge in [-0.3, -0.25) is 9.59 Å². The second-order valence-corrected chi connectivity index (χ2v) is 7.44. The summed E-state index contributed by atoms with van der Waals surface area (Å²) in [5, 5.41) is 7.34. The molecule has 3 aromatic rings. The molecule has 0 saturated heterocycles. The van der Waals surface area contributed by atoms with Crippen LogP contribution in [0.25, 0.3) is 11.4 Å². The molecule has 0 unspecified atom stereocenters. The Morgan fingerprint density at radius 1 is 1.24 bits per heavy atom. The van der Waals surface area contributed by atoms with Gasteiger partial charge in [0, 0.05) is 36.1 Å². The number of hydrogen-bond acceptors (Lipinski definition) is 5. The van der Waals surface area contributed by atoms with Crippen LogP contribution in [-0.4, -0.2) is 20.6 Å². The Bertz CT molecular complexity index is 1070. The summed E-state index contributed by atoms with van der Waals surface area (Å²) in [4.78, 5) is 29.1. The van der Waals surface area contributed by atoms with Gasteiger partial charge < -0.3 is 14.4 Å². The average molecular weight is 415 g/mol. The maximum Gasteiger partial charge on any atom is 0.262 e. The molecule has 29 heavy (non-hydrogen) atoms. The molecule has 0 aliphatic heterocycles. The molecule has 1 amide bonds. The molecule has 7 nitrogen and oxygen atoms in total. The SMILES string of the molecule is Cc1ccc(-c2noc(CCC(=O)NCc3ccccc3Cl)n2)c(=O)n1C(C)C. The average Bonchev–Trinajstić information content (AvgIpc) is 3.14. The molecule has 1 N–H and O–H groups in total. The lowest BCUT2D eigenvalue weighted by Crippen LogP contribution is -2.25. The Balaban J connectivity index is 1.62. The summed E-state index contributed by atoms with van der Waals surface area (Å²) in [5.74, 6) is 0.391. The third-order valence-corrected chi connectivity index (χ3v) is 4.91. The van der Waals surface area contributed by atoms with Crippen LogP contribution < -0.4 is 10.9 Å². The number of aromatic nitrogens is 3. The number of halogens is 1. The van der Waals surface area contributed by atoms with Gasteiger partial charge in [0.25, 0.3) is 5.56 Å². The fraction of sp³-hybridized carbons (Fsp3) is 0.333. The van der Waals surface area contributed by atoms with Crippen LogP contribution in [0.2, 0.25) is 5.02 Å². The normalized spacial score (nSPS) is 11.1. The first-order chi connectivity index (χ1) is 13.9. The lowest BCUT2D eigenvalue weighted by Gasteiger charge is -2.14. The molecule has 2 heterocycles. The molecule has 3 rings (SSSR count). The molecule has 0 fully saturated rings. The molecule has 1 aromatic carbocycles. The van der Waals surface area contributed by atoms with E-state index in [1.54, 1.807) is 16.7 Å². The summed E-state index contributed by atoms with van der Waals surface area (Å²) >= 11 is 6.08. The molecular formula is C21H23ClN4O3. The summed E-state index contributed by atoms with van der Waals surface area (Å²) in [6.07, 6.45) is 0.474. The third kappa shape index (κ3) is 4.92. The molecule has 0 spiro atoms. The van der Waals surface area contributed by atoms with Gasteiger partial charge in [0.05, 0.1) is 5.56 Å². The van der Waals surface area contributed by atoms with E-state index >= 15 is 0 Å². The van der Waals surface area contributed by atoms with E-state index in [-0.39, 0.29) is 36.2 Å². The van der Waals surface area contributed by atoms with Crippen LogP contribution in [0.4, 0.5) is 0 Å². The molecule has 2 aromatic heterocycles. The highest BCUT2D eigenvalue weighted by Gasteiger charge is 2.16. The van der Waals surface area contributed by atoms with Crippen molar-refractivity contribution >= 4 is 17.5 Å². The number of carbonyl (C=O) groups is 1. The van der Waals surface area contributed by atoms with Gasteiger partial charge in [-0.1, -0.05) is 35.0 Å². The van der Waals surface area contributed by atoms with E-state index in [4.69, 9.17) is 16.1 Å². The number of aryl methyl sites for hydroxylation is 2. The molecule has 0 radical (unpaired) electrons. The van der Waals surface area contributed by atoms with Gasteiger partial charge in [0.2, 0.25) is 17.6 Å². The van der Waals surface area contributed by atoms with Crippen molar-refractivity contribution in [1.29, 1.82) is 0 Å². The quantitative estimate of drug-likeness (QED) is 0.636. The summed E-state index contributed by atoms with van der Waals surface area (Å²) < 4.78 is 6.91. The smallest absolute Gasteiger partial charge is 0.262 e. The number of pyridine rings is 1. The van der Waals surface area contributed by atoms with Crippen LogP contribution in [0.3, 0.4) is 0 Å². The van der Waals surface area contributed by atoms with E-state index in [0.29, 0.717) is 23.0 Å². The van der Waals surface area contributed by atoms with Gasteiger partial charge in [0.1, 0.15) is 0 Å². The van der Waals surface area contributed by atoms with Gasteiger partial charge in [-0.15, -0.1) is 0 Å². The van der Waals surface area contributed by atoms with Crippen molar-refractivity contribution in [2.75, 3.05) is 0 Å². The van der Waals surface area contributed by atoms with Crippen LogP contribution in [0, 0.1) is 6.92 Å². The minimum absolute atomic E-state index is 0.0237. The first-order valence-corrected chi connectivity index (χ1v) is 9.80. The van der Waals surface area contributed by atoms with Crippen molar-refractivity contribution in [2.45, 2.75) is 46.2 Å². The Hall–Kier alpha value is -2.93. The third-order valence-electron chi connectivity index (χ3n) is 4.55. The zero-order valence-electron chi connectivity index (χ0n) is 16.6. The highest BCUT2D eigenvalue weighted by molar-refractivity contribution is 6.31. The predicted molar refractivity (Wildman–Crippen MR) is 111 cm³/mol. The molecule has 0 bridgehead atoms. The van der Waals surface area contributed by atoms with E-state index in [2.05, 4.69) is 15.5 Å². The van der Waals surface area contributed by atoms with E-state index in [9.17, 15) is 9.59 Å². The second-order valence-electron chi connectivity index (χ2n) is 7.04. The highest BCUT2D eigenvalue weighted by Crippen LogP contribution is 2.16. The molecular weight excluding hydrogens is 392 g/mol. The zero-order valence-corrected chi connectivity index (χ0v) is 17.4. The summed E-state index contributed by atoms with van der Waals surface area (Å²) in [5.41, 5.74) is 1.93. The van der Waals surface area contributed by atoms with E-state index in [0.717, 1.165) is 11.3 Å². The first kappa shape index (κ1) is 20.8. The van der Waals surface area contributed by atoms with Crippen molar-refractivity contribution in [3.63, 3.8) is 0 Å². The Labute approximate surface area is 173 Å². The molecule has 0 atom stereocenters. The first-order valence-electron chi connectivity index (χ1n) is 9.42. The van der Waals surface area contributed by atoms with Crippen molar-refractivity contribution in [2.24, 2.45) is 0 Å². The Morgan fingerprint density at radius 3 is 2.72 bits per heavy atom. The minimum atomic E-state index is -0.162. The Morgan fingerprint density at radius 2 is 2.00 bits per heavy atom. The van der Waals surface area contributed by atoms with Gasteiger partial charge >= 0.3 is 0 Å². The molecule has 0 aliphatic rings. The number of amides is 1. The van der Waals surface area contributed by atoms with Crippen LogP contribution in [0.5, 0.6) is 0 Å². The monoisotopic (exact) mass is 414 g/mol. The second kappa shape index (κ2) is 9.05. The Kier molecular flexibility index (Phi) is 6.49. The van der Waals surface area contributed by atoms with Crippen molar-refractivity contribution in [3.05, 3.63) is 68.9 Å². The maximum absolute atomic E-state index is 12.7. The number of rotatable bonds is 7. The lowest BCUT2D eigenvalue weighted by atomic mass is 10.2. The standard InChI is InChI=1S/C21H23ClN4O3/c1-13(2)26-14(3)8-9-16(21(26)28)20-24-19(29-25-20)11-10-18(27)23-12-15-6-4-5-7-17(15)22/h4-9,13H,10-12H2,1-3H3,(H,23,27).